The van der Waals surface area contributed by atoms with Gasteiger partial charge in [0.2, 0.25) is 34.8 Å². The number of anilines is 1. The zero-order chi connectivity index (χ0) is 23.1. The summed E-state index contributed by atoms with van der Waals surface area (Å²) in [4.78, 5) is 18.8. The van der Waals surface area contributed by atoms with E-state index in [0.717, 1.165) is 43.6 Å². The fourth-order valence-electron chi connectivity index (χ4n) is 2.63. The van der Waals surface area contributed by atoms with Crippen LogP contribution in [0.15, 0.2) is 0 Å². The van der Waals surface area contributed by atoms with Crippen LogP contribution in [-0.2, 0) is 6.54 Å². The van der Waals surface area contributed by atoms with Gasteiger partial charge in [0.25, 0.3) is 0 Å². The van der Waals surface area contributed by atoms with Gasteiger partial charge in [-0.3, -0.25) is 4.90 Å². The number of carbonyl (C=O) groups is 1. The number of esters is 1. The zero-order valence-electron chi connectivity index (χ0n) is 17.5. The van der Waals surface area contributed by atoms with Gasteiger partial charge in [0.15, 0.2) is 10.7 Å². The third-order valence-electron chi connectivity index (χ3n) is 4.34. The third-order valence-corrected chi connectivity index (χ3v) is 5.36. The molecule has 1 aromatic carbocycles. The van der Waals surface area contributed by atoms with E-state index in [0.29, 0.717) is 18.1 Å². The van der Waals surface area contributed by atoms with Gasteiger partial charge in [-0.25, -0.2) is 22.9 Å². The Labute approximate surface area is 181 Å². The summed E-state index contributed by atoms with van der Waals surface area (Å²) in [7, 11) is 1.88. The summed E-state index contributed by atoms with van der Waals surface area (Å²) in [6, 6.07) is 0. The lowest BCUT2D eigenvalue weighted by atomic mass is 10.2. The molecule has 0 spiro atoms. The van der Waals surface area contributed by atoms with E-state index in [-0.39, 0.29) is 10.7 Å². The summed E-state index contributed by atoms with van der Waals surface area (Å²) in [6.45, 7) is 5.73. The van der Waals surface area contributed by atoms with Gasteiger partial charge in [-0.1, -0.05) is 26.7 Å². The molecule has 11 heteroatoms. The number of hydrogen-bond acceptors (Lipinski definition) is 6. The third kappa shape index (κ3) is 6.13. The molecular formula is C20H24F5N3O2S. The lowest BCUT2D eigenvalue weighted by Gasteiger charge is -2.13. The summed E-state index contributed by atoms with van der Waals surface area (Å²) in [5.74, 6) is -13.9. The quantitative estimate of drug-likeness (QED) is 0.119. The van der Waals surface area contributed by atoms with E-state index in [4.69, 9.17) is 0 Å². The van der Waals surface area contributed by atoms with Crippen molar-refractivity contribution in [3.63, 3.8) is 0 Å². The summed E-state index contributed by atoms with van der Waals surface area (Å²) >= 11 is 0.934. The van der Waals surface area contributed by atoms with Crippen LogP contribution in [0.4, 0.5) is 27.8 Å². The van der Waals surface area contributed by atoms with Crippen LogP contribution >= 0.6 is 11.3 Å². The minimum Gasteiger partial charge on any atom is -0.416 e. The molecular weight excluding hydrogens is 441 g/mol. The van der Waals surface area contributed by atoms with Crippen molar-refractivity contribution in [3.8, 4) is 5.75 Å². The Hall–Kier alpha value is -2.27. The van der Waals surface area contributed by atoms with Gasteiger partial charge in [-0.15, -0.1) is 11.3 Å². The Morgan fingerprint density at radius 3 is 2.16 bits per heavy atom. The van der Waals surface area contributed by atoms with E-state index in [1.165, 1.54) is 0 Å². The van der Waals surface area contributed by atoms with Crippen molar-refractivity contribution in [2.24, 2.45) is 0 Å². The Balaban J connectivity index is 2.31. The minimum absolute atomic E-state index is 0.112. The molecule has 0 aliphatic carbocycles. The van der Waals surface area contributed by atoms with E-state index in [1.54, 1.807) is 0 Å². The van der Waals surface area contributed by atoms with Crippen molar-refractivity contribution in [2.75, 3.05) is 25.5 Å². The smallest absolute Gasteiger partial charge is 0.357 e. The van der Waals surface area contributed by atoms with Crippen molar-refractivity contribution >= 4 is 23.1 Å². The molecule has 2 rings (SSSR count). The number of thiazole rings is 1. The van der Waals surface area contributed by atoms with Gasteiger partial charge >= 0.3 is 5.97 Å². The van der Waals surface area contributed by atoms with Gasteiger partial charge in [0.05, 0.1) is 6.54 Å². The molecule has 31 heavy (non-hydrogen) atoms. The average molecular weight is 465 g/mol. The van der Waals surface area contributed by atoms with Gasteiger partial charge in [0.1, 0.15) is 5.01 Å². The van der Waals surface area contributed by atoms with Crippen molar-refractivity contribution in [2.45, 2.75) is 46.1 Å². The first-order valence-corrected chi connectivity index (χ1v) is 10.7. The maximum atomic E-state index is 13.9. The lowest BCUT2D eigenvalue weighted by molar-refractivity contribution is 0.0722. The molecule has 0 saturated heterocycles. The van der Waals surface area contributed by atoms with E-state index in [9.17, 15) is 26.7 Å². The maximum absolute atomic E-state index is 13.9. The fraction of sp³-hybridized carbons (Fsp3) is 0.500. The number of rotatable bonds is 11. The first kappa shape index (κ1) is 25.0. The van der Waals surface area contributed by atoms with Crippen LogP contribution in [0.25, 0.3) is 0 Å². The van der Waals surface area contributed by atoms with E-state index < -0.39 is 40.8 Å². The Bertz CT molecular complexity index is 894. The maximum Gasteiger partial charge on any atom is 0.357 e. The highest BCUT2D eigenvalue weighted by Gasteiger charge is 2.30. The molecule has 172 valence electrons. The van der Waals surface area contributed by atoms with Gasteiger partial charge in [-0.05, 0) is 26.4 Å². The summed E-state index contributed by atoms with van der Waals surface area (Å²) in [5.41, 5.74) is 0. The van der Waals surface area contributed by atoms with Crippen molar-refractivity contribution < 1.29 is 31.5 Å². The van der Waals surface area contributed by atoms with Crippen LogP contribution in [0.3, 0.4) is 0 Å². The molecule has 5 nitrogen and oxygen atoms in total. The summed E-state index contributed by atoms with van der Waals surface area (Å²) in [5, 5.41) is 3.51. The minimum atomic E-state index is -2.33. The number of carbonyl (C=O) groups excluding carboxylic acids is 1. The van der Waals surface area contributed by atoms with Gasteiger partial charge < -0.3 is 10.1 Å². The SMILES string of the molecule is CCCCNc1nc(CN(C)CCCC)sc1C(=O)Oc1c(F)c(F)c(F)c(F)c1F. The number of aromatic nitrogens is 1. The number of unbranched alkanes of at least 4 members (excludes halogenated alkanes) is 2. The molecule has 0 amide bonds. The number of nitrogens with zero attached hydrogens (tertiary/aromatic N) is 2. The molecule has 0 unspecified atom stereocenters. The van der Waals surface area contributed by atoms with Crippen molar-refractivity contribution in [1.29, 1.82) is 0 Å². The van der Waals surface area contributed by atoms with Crippen LogP contribution in [0.1, 0.15) is 54.2 Å². The second kappa shape index (κ2) is 11.4. The predicted molar refractivity (Wildman–Crippen MR) is 108 cm³/mol. The fourth-order valence-corrected chi connectivity index (χ4v) is 3.62. The standard InChI is InChI=1S/C20H24F5N3O2S/c1-4-6-8-26-19-18(31-11(27-19)10-28(3)9-7-5-2)20(29)30-17-15(24)13(22)12(21)14(23)16(17)25/h26H,4-10H2,1-3H3. The van der Waals surface area contributed by atoms with Gasteiger partial charge in [-0.2, -0.15) is 8.78 Å². The monoisotopic (exact) mass is 465 g/mol. The largest absolute Gasteiger partial charge is 0.416 e. The zero-order valence-corrected chi connectivity index (χ0v) is 18.3. The molecule has 0 atom stereocenters. The summed E-state index contributed by atoms with van der Waals surface area (Å²) in [6.07, 6.45) is 3.62. The average Bonchev–Trinajstić information content (AvgIpc) is 3.15. The van der Waals surface area contributed by atoms with Crippen LogP contribution in [-0.4, -0.2) is 36.0 Å². The summed E-state index contributed by atoms with van der Waals surface area (Å²) < 4.78 is 72.4. The highest BCUT2D eigenvalue weighted by molar-refractivity contribution is 7.14. The van der Waals surface area contributed by atoms with Crippen LogP contribution in [0.2, 0.25) is 0 Å². The highest BCUT2D eigenvalue weighted by atomic mass is 32.1. The van der Waals surface area contributed by atoms with E-state index in [2.05, 4.69) is 22.0 Å². The molecule has 1 heterocycles. The van der Waals surface area contributed by atoms with E-state index >= 15 is 0 Å². The Morgan fingerprint density at radius 1 is 1.00 bits per heavy atom. The number of halogens is 5. The number of nitrogens with one attached hydrogen (secondary N) is 1. The second-order valence-corrected chi connectivity index (χ2v) is 8.03. The molecule has 1 aromatic heterocycles. The van der Waals surface area contributed by atoms with Crippen LogP contribution in [0, 0.1) is 29.1 Å². The molecule has 0 aliphatic heterocycles. The Morgan fingerprint density at radius 2 is 1.58 bits per heavy atom. The number of benzene rings is 1. The topological polar surface area (TPSA) is 54.5 Å². The van der Waals surface area contributed by atoms with Crippen molar-refractivity contribution in [3.05, 3.63) is 39.0 Å². The van der Waals surface area contributed by atoms with E-state index in [1.807, 2.05) is 18.9 Å². The molecule has 0 bridgehead atoms. The molecule has 2 aromatic rings. The molecule has 0 saturated carbocycles. The predicted octanol–water partition coefficient (Wildman–Crippen LogP) is 5.50. The molecule has 0 radical (unpaired) electrons. The molecule has 1 N–H and O–H groups in total. The lowest BCUT2D eigenvalue weighted by Crippen LogP contribution is -2.18. The highest BCUT2D eigenvalue weighted by Crippen LogP contribution is 2.32. The molecule has 0 aliphatic rings. The van der Waals surface area contributed by atoms with Crippen LogP contribution < -0.4 is 10.1 Å². The van der Waals surface area contributed by atoms with Crippen molar-refractivity contribution in [1.82, 2.24) is 9.88 Å². The number of ether oxygens (including phenoxy) is 1. The number of hydrogen-bond donors (Lipinski definition) is 1. The normalized spacial score (nSPS) is 11.3. The van der Waals surface area contributed by atoms with Gasteiger partial charge in [0, 0.05) is 6.54 Å². The first-order chi connectivity index (χ1) is 14.7. The van der Waals surface area contributed by atoms with Crippen LogP contribution in [0.5, 0.6) is 5.75 Å². The first-order valence-electron chi connectivity index (χ1n) is 9.86. The second-order valence-electron chi connectivity index (χ2n) is 6.95. The molecule has 0 fully saturated rings. The Kier molecular flexibility index (Phi) is 9.17.